The van der Waals surface area contributed by atoms with Gasteiger partial charge in [-0.25, -0.2) is 0 Å². The molecule has 0 unspecified atom stereocenters. The van der Waals surface area contributed by atoms with Crippen molar-refractivity contribution in [3.05, 3.63) is 21.5 Å². The van der Waals surface area contributed by atoms with E-state index in [9.17, 15) is 14.9 Å². The lowest BCUT2D eigenvalue weighted by Crippen LogP contribution is -2.52. The number of amides is 1. The van der Waals surface area contributed by atoms with Crippen molar-refractivity contribution in [2.45, 2.75) is 25.8 Å². The van der Waals surface area contributed by atoms with Crippen molar-refractivity contribution in [1.82, 2.24) is 19.6 Å². The highest BCUT2D eigenvalue weighted by Crippen LogP contribution is 2.26. The zero-order chi connectivity index (χ0) is 15.1. The second kappa shape index (κ2) is 5.10. The molecule has 8 nitrogen and oxygen atoms in total. The van der Waals surface area contributed by atoms with Crippen LogP contribution in [0.15, 0.2) is 0 Å². The van der Waals surface area contributed by atoms with Gasteiger partial charge in [-0.05, 0) is 26.3 Å². The summed E-state index contributed by atoms with van der Waals surface area (Å²) in [4.78, 5) is 27.4. The van der Waals surface area contributed by atoms with E-state index in [1.54, 1.807) is 18.9 Å². The molecular formula is C13H19N5O3. The molecule has 0 aliphatic carbocycles. The van der Waals surface area contributed by atoms with Gasteiger partial charge in [-0.3, -0.25) is 24.5 Å². The van der Waals surface area contributed by atoms with Crippen molar-refractivity contribution in [2.24, 2.45) is 7.05 Å². The second-order valence-corrected chi connectivity index (χ2v) is 5.75. The van der Waals surface area contributed by atoms with Crippen molar-refractivity contribution in [3.63, 3.8) is 0 Å². The lowest BCUT2D eigenvalue weighted by Gasteiger charge is -2.37. The van der Waals surface area contributed by atoms with Gasteiger partial charge in [0.15, 0.2) is 0 Å². The van der Waals surface area contributed by atoms with E-state index in [0.717, 1.165) is 25.9 Å². The number of rotatable bonds is 2. The van der Waals surface area contributed by atoms with Gasteiger partial charge in [0, 0.05) is 32.7 Å². The summed E-state index contributed by atoms with van der Waals surface area (Å²) in [6.45, 7) is 4.80. The topological polar surface area (TPSA) is 84.5 Å². The van der Waals surface area contributed by atoms with Crippen LogP contribution >= 0.6 is 0 Å². The lowest BCUT2D eigenvalue weighted by molar-refractivity contribution is -0.385. The molecule has 0 saturated carbocycles. The van der Waals surface area contributed by atoms with Crippen LogP contribution in [-0.2, 0) is 7.05 Å². The van der Waals surface area contributed by atoms with E-state index in [4.69, 9.17) is 0 Å². The van der Waals surface area contributed by atoms with Gasteiger partial charge >= 0.3 is 5.69 Å². The SMILES string of the molecule is Cc1c([N+](=O)[O-])c(C(=O)N2CCN3CCC[C@H]3C2)nn1C. The van der Waals surface area contributed by atoms with Gasteiger partial charge < -0.3 is 4.90 Å². The molecule has 3 heterocycles. The quantitative estimate of drug-likeness (QED) is 0.587. The molecule has 2 aliphatic rings. The highest BCUT2D eigenvalue weighted by Gasteiger charge is 2.37. The number of fused-ring (bicyclic) bond motifs is 1. The highest BCUT2D eigenvalue weighted by molar-refractivity contribution is 5.96. The first-order valence-corrected chi connectivity index (χ1v) is 7.20. The summed E-state index contributed by atoms with van der Waals surface area (Å²) in [5, 5.41) is 15.3. The molecule has 2 fully saturated rings. The number of nitro groups is 1. The average Bonchev–Trinajstić information content (AvgIpc) is 3.02. The first-order chi connectivity index (χ1) is 9.99. The summed E-state index contributed by atoms with van der Waals surface area (Å²) in [5.74, 6) is -0.322. The van der Waals surface area contributed by atoms with Crippen molar-refractivity contribution >= 4 is 11.6 Å². The highest BCUT2D eigenvalue weighted by atomic mass is 16.6. The van der Waals surface area contributed by atoms with Crippen LogP contribution in [0.2, 0.25) is 0 Å². The van der Waals surface area contributed by atoms with E-state index in [0.29, 0.717) is 24.8 Å². The molecule has 0 bridgehead atoms. The van der Waals surface area contributed by atoms with Crippen LogP contribution in [0.25, 0.3) is 0 Å². The van der Waals surface area contributed by atoms with E-state index in [-0.39, 0.29) is 17.3 Å². The number of nitrogens with zero attached hydrogens (tertiary/aromatic N) is 5. The largest absolute Gasteiger partial charge is 0.334 e. The maximum Gasteiger partial charge on any atom is 0.322 e. The molecule has 0 N–H and O–H groups in total. The Balaban J connectivity index is 1.85. The predicted molar refractivity (Wildman–Crippen MR) is 75.1 cm³/mol. The fourth-order valence-electron chi connectivity index (χ4n) is 3.28. The Bertz CT molecular complexity index is 597. The van der Waals surface area contributed by atoms with Crippen molar-refractivity contribution in [1.29, 1.82) is 0 Å². The van der Waals surface area contributed by atoms with Gasteiger partial charge in [0.1, 0.15) is 5.69 Å². The van der Waals surface area contributed by atoms with Gasteiger partial charge in [-0.1, -0.05) is 0 Å². The van der Waals surface area contributed by atoms with Crippen molar-refractivity contribution in [2.75, 3.05) is 26.2 Å². The molecule has 1 atom stereocenters. The smallest absolute Gasteiger partial charge is 0.322 e. The molecule has 2 saturated heterocycles. The Morgan fingerprint density at radius 1 is 1.38 bits per heavy atom. The predicted octanol–water partition coefficient (Wildman–Crippen LogP) is 0.557. The molecule has 0 aromatic carbocycles. The van der Waals surface area contributed by atoms with Crippen molar-refractivity contribution in [3.8, 4) is 0 Å². The monoisotopic (exact) mass is 293 g/mol. The summed E-state index contributed by atoms with van der Waals surface area (Å²) in [7, 11) is 1.62. The number of hydrogen-bond acceptors (Lipinski definition) is 5. The molecule has 1 amide bonds. The normalized spacial score (nSPS) is 22.4. The first kappa shape index (κ1) is 14.0. The average molecular weight is 293 g/mol. The van der Waals surface area contributed by atoms with Crippen LogP contribution in [0.3, 0.4) is 0 Å². The zero-order valence-corrected chi connectivity index (χ0v) is 12.3. The third-order valence-electron chi connectivity index (χ3n) is 4.56. The summed E-state index contributed by atoms with van der Waals surface area (Å²) in [6, 6.07) is 0.395. The summed E-state index contributed by atoms with van der Waals surface area (Å²) in [5.41, 5.74) is 0.200. The Morgan fingerprint density at radius 3 is 2.86 bits per heavy atom. The Kier molecular flexibility index (Phi) is 3.40. The summed E-state index contributed by atoms with van der Waals surface area (Å²) < 4.78 is 1.40. The molecular weight excluding hydrogens is 274 g/mol. The third-order valence-corrected chi connectivity index (χ3v) is 4.56. The van der Waals surface area contributed by atoms with Gasteiger partial charge in [-0.15, -0.1) is 0 Å². The molecule has 2 aliphatic heterocycles. The van der Waals surface area contributed by atoms with Crippen LogP contribution in [0.1, 0.15) is 29.0 Å². The molecule has 21 heavy (non-hydrogen) atoms. The maximum absolute atomic E-state index is 12.6. The minimum absolute atomic E-state index is 0.0357. The van der Waals surface area contributed by atoms with Crippen LogP contribution in [0.5, 0.6) is 0 Å². The molecule has 0 radical (unpaired) electrons. The molecule has 3 rings (SSSR count). The number of aromatic nitrogens is 2. The van der Waals surface area contributed by atoms with E-state index in [1.165, 1.54) is 4.68 Å². The van der Waals surface area contributed by atoms with Gasteiger partial charge in [0.05, 0.1) is 4.92 Å². The Hall–Kier alpha value is -1.96. The lowest BCUT2D eigenvalue weighted by atomic mass is 10.1. The number of carbonyl (C=O) groups is 1. The minimum Gasteiger partial charge on any atom is -0.334 e. The maximum atomic E-state index is 12.6. The fraction of sp³-hybridized carbons (Fsp3) is 0.692. The summed E-state index contributed by atoms with van der Waals surface area (Å²) in [6.07, 6.45) is 2.25. The molecule has 114 valence electrons. The second-order valence-electron chi connectivity index (χ2n) is 5.75. The van der Waals surface area contributed by atoms with Gasteiger partial charge in [-0.2, -0.15) is 5.10 Å². The molecule has 1 aromatic rings. The van der Waals surface area contributed by atoms with Crippen molar-refractivity contribution < 1.29 is 9.72 Å². The van der Waals surface area contributed by atoms with E-state index in [1.807, 2.05) is 0 Å². The van der Waals surface area contributed by atoms with Crippen LogP contribution in [0, 0.1) is 17.0 Å². The number of piperazine rings is 1. The standard InChI is InChI=1S/C13H19N5O3/c1-9-12(18(20)21)11(14-15(9)2)13(19)17-7-6-16-5-3-4-10(16)8-17/h10H,3-8H2,1-2H3/t10-/m0/s1. The Morgan fingerprint density at radius 2 is 2.14 bits per heavy atom. The van der Waals surface area contributed by atoms with E-state index >= 15 is 0 Å². The zero-order valence-electron chi connectivity index (χ0n) is 12.3. The van der Waals surface area contributed by atoms with Crippen LogP contribution in [-0.4, -0.2) is 62.6 Å². The number of aryl methyl sites for hydroxylation is 1. The van der Waals surface area contributed by atoms with Gasteiger partial charge in [0.25, 0.3) is 5.91 Å². The van der Waals surface area contributed by atoms with Crippen LogP contribution in [0.4, 0.5) is 5.69 Å². The van der Waals surface area contributed by atoms with E-state index in [2.05, 4.69) is 10.00 Å². The Labute approximate surface area is 122 Å². The van der Waals surface area contributed by atoms with E-state index < -0.39 is 4.92 Å². The number of hydrogen-bond donors (Lipinski definition) is 0. The molecule has 0 spiro atoms. The van der Waals surface area contributed by atoms with Gasteiger partial charge in [0.2, 0.25) is 5.69 Å². The molecule has 8 heteroatoms. The first-order valence-electron chi connectivity index (χ1n) is 7.20. The minimum atomic E-state index is -0.513. The fourth-order valence-corrected chi connectivity index (χ4v) is 3.28. The summed E-state index contributed by atoms with van der Waals surface area (Å²) >= 11 is 0. The molecule has 1 aromatic heterocycles. The number of carbonyl (C=O) groups excluding carboxylic acids is 1. The third kappa shape index (κ3) is 2.29. The van der Waals surface area contributed by atoms with Crippen LogP contribution < -0.4 is 0 Å².